The number of carbonyl (C=O) groups is 2. The van der Waals surface area contributed by atoms with Gasteiger partial charge in [-0.15, -0.1) is 0 Å². The number of hydrogen-bond acceptors (Lipinski definition) is 7. The van der Waals surface area contributed by atoms with Crippen molar-refractivity contribution < 1.29 is 28.9 Å². The first-order chi connectivity index (χ1) is 18.6. The number of aliphatic hydroxyl groups excluding tert-OH is 1. The van der Waals surface area contributed by atoms with Gasteiger partial charge in [0.15, 0.2) is 0 Å². The lowest BCUT2D eigenvalue weighted by molar-refractivity contribution is -0.132. The van der Waals surface area contributed by atoms with Crippen LogP contribution in [-0.2, 0) is 9.59 Å². The van der Waals surface area contributed by atoms with E-state index >= 15 is 0 Å². The Morgan fingerprint density at radius 3 is 2.10 bits per heavy atom. The first-order valence-electron chi connectivity index (χ1n) is 12.3. The summed E-state index contributed by atoms with van der Waals surface area (Å²) in [5.41, 5.74) is 2.14. The lowest BCUT2D eigenvalue weighted by Crippen LogP contribution is -2.29. The van der Waals surface area contributed by atoms with Gasteiger partial charge in [0, 0.05) is 31.5 Å². The summed E-state index contributed by atoms with van der Waals surface area (Å²) < 4.78 is 16.5. The van der Waals surface area contributed by atoms with E-state index in [9.17, 15) is 14.7 Å². The van der Waals surface area contributed by atoms with Gasteiger partial charge in [0.05, 0.1) is 42.5 Å². The smallest absolute Gasteiger partial charge is 0.300 e. The van der Waals surface area contributed by atoms with Crippen LogP contribution >= 0.6 is 11.6 Å². The zero-order chi connectivity index (χ0) is 28.4. The van der Waals surface area contributed by atoms with Crippen LogP contribution in [0.25, 0.3) is 5.76 Å². The molecular weight excluding hydrogens is 520 g/mol. The van der Waals surface area contributed by atoms with Crippen molar-refractivity contribution in [2.24, 2.45) is 0 Å². The van der Waals surface area contributed by atoms with Gasteiger partial charge in [0.25, 0.3) is 11.7 Å². The van der Waals surface area contributed by atoms with E-state index in [1.807, 2.05) is 57.1 Å². The molecule has 204 valence electrons. The van der Waals surface area contributed by atoms with Crippen molar-refractivity contribution in [3.8, 4) is 17.2 Å². The van der Waals surface area contributed by atoms with E-state index < -0.39 is 23.5 Å². The second-order valence-electron chi connectivity index (χ2n) is 9.50. The van der Waals surface area contributed by atoms with E-state index in [0.717, 1.165) is 5.69 Å². The zero-order valence-corrected chi connectivity index (χ0v) is 23.4. The molecule has 0 radical (unpaired) electrons. The van der Waals surface area contributed by atoms with Crippen LogP contribution in [0.1, 0.15) is 31.0 Å². The molecule has 0 spiro atoms. The molecule has 0 bridgehead atoms. The molecule has 3 aromatic rings. The minimum atomic E-state index is -0.913. The molecular formula is C30H31ClN2O6. The first-order valence-corrected chi connectivity index (χ1v) is 12.7. The third kappa shape index (κ3) is 5.38. The van der Waals surface area contributed by atoms with Crippen molar-refractivity contribution in [3.05, 3.63) is 82.4 Å². The fraction of sp³-hybridized carbons (Fsp3) is 0.267. The average molecular weight is 551 g/mol. The van der Waals surface area contributed by atoms with Gasteiger partial charge in [-0.05, 0) is 61.9 Å². The number of nitrogens with zero attached hydrogens (tertiary/aromatic N) is 2. The molecule has 3 aromatic carbocycles. The predicted octanol–water partition coefficient (Wildman–Crippen LogP) is 5.84. The van der Waals surface area contributed by atoms with Gasteiger partial charge >= 0.3 is 0 Å². The molecule has 1 aliphatic rings. The van der Waals surface area contributed by atoms with Crippen LogP contribution in [-0.4, -0.2) is 51.2 Å². The summed E-state index contributed by atoms with van der Waals surface area (Å²) >= 11 is 6.36. The Bertz CT molecular complexity index is 1410. The first kappa shape index (κ1) is 27.9. The molecule has 1 heterocycles. The zero-order valence-electron chi connectivity index (χ0n) is 22.7. The number of methoxy groups -OCH3 is 2. The Kier molecular flexibility index (Phi) is 8.06. The van der Waals surface area contributed by atoms with Crippen LogP contribution in [0.15, 0.2) is 66.2 Å². The highest BCUT2D eigenvalue weighted by Crippen LogP contribution is 2.45. The van der Waals surface area contributed by atoms with Gasteiger partial charge < -0.3 is 24.2 Å². The number of ether oxygens (including phenoxy) is 3. The monoisotopic (exact) mass is 550 g/mol. The number of ketones is 1. The average Bonchev–Trinajstić information content (AvgIpc) is 3.18. The molecule has 1 amide bonds. The molecule has 1 aliphatic heterocycles. The topological polar surface area (TPSA) is 88.5 Å². The lowest BCUT2D eigenvalue weighted by Gasteiger charge is -2.26. The minimum Gasteiger partial charge on any atom is -0.507 e. The normalized spacial score (nSPS) is 16.5. The van der Waals surface area contributed by atoms with Gasteiger partial charge in [0.2, 0.25) is 0 Å². The molecule has 0 aliphatic carbocycles. The molecule has 8 nitrogen and oxygen atoms in total. The number of Topliss-reactive ketones (excluding diaryl/α,β-unsaturated/α-hetero) is 1. The van der Waals surface area contributed by atoms with Crippen LogP contribution in [0.4, 0.5) is 11.4 Å². The van der Waals surface area contributed by atoms with Crippen LogP contribution in [0, 0.1) is 0 Å². The summed E-state index contributed by atoms with van der Waals surface area (Å²) in [7, 11) is 6.72. The second-order valence-corrected chi connectivity index (χ2v) is 9.91. The number of benzene rings is 3. The Hall–Kier alpha value is -4.17. The maximum absolute atomic E-state index is 13.5. The summed E-state index contributed by atoms with van der Waals surface area (Å²) in [5.74, 6) is -0.796. The largest absolute Gasteiger partial charge is 0.507 e. The molecule has 4 rings (SSSR count). The van der Waals surface area contributed by atoms with Gasteiger partial charge in [0.1, 0.15) is 23.0 Å². The van der Waals surface area contributed by atoms with Crippen molar-refractivity contribution in [1.82, 2.24) is 0 Å². The third-order valence-corrected chi connectivity index (χ3v) is 6.68. The van der Waals surface area contributed by atoms with Crippen molar-refractivity contribution in [2.45, 2.75) is 26.0 Å². The number of hydrogen-bond donors (Lipinski definition) is 1. The fourth-order valence-corrected chi connectivity index (χ4v) is 4.76. The number of anilines is 2. The standard InChI is InChI=1S/C30H31ClN2O6/c1-17(2)39-21-13-11-20(12-14-21)33-27(18-7-9-19(10-8-18)32(3)4)26(29(35)30(33)36)28(34)22-15-23(31)25(38-6)16-24(22)37-5/h7-17,27,34H,1-6H3/b28-26+. The molecule has 1 N–H and O–H groups in total. The summed E-state index contributed by atoms with van der Waals surface area (Å²) in [4.78, 5) is 30.4. The van der Waals surface area contributed by atoms with Crippen molar-refractivity contribution in [1.29, 1.82) is 0 Å². The van der Waals surface area contributed by atoms with Crippen LogP contribution in [0.2, 0.25) is 5.02 Å². The Labute approximate surface area is 233 Å². The highest BCUT2D eigenvalue weighted by molar-refractivity contribution is 6.51. The van der Waals surface area contributed by atoms with E-state index in [2.05, 4.69) is 0 Å². The van der Waals surface area contributed by atoms with E-state index in [1.54, 1.807) is 24.3 Å². The Morgan fingerprint density at radius 2 is 1.56 bits per heavy atom. The van der Waals surface area contributed by atoms with Gasteiger partial charge in [-0.3, -0.25) is 14.5 Å². The third-order valence-electron chi connectivity index (χ3n) is 6.39. The molecule has 1 atom stereocenters. The van der Waals surface area contributed by atoms with Crippen molar-refractivity contribution >= 4 is 40.4 Å². The van der Waals surface area contributed by atoms with Gasteiger partial charge in [-0.2, -0.15) is 0 Å². The molecule has 1 fully saturated rings. The molecule has 0 saturated carbocycles. The highest BCUT2D eigenvalue weighted by Gasteiger charge is 2.47. The molecule has 1 saturated heterocycles. The van der Waals surface area contributed by atoms with Crippen LogP contribution in [0.3, 0.4) is 0 Å². The minimum absolute atomic E-state index is 0.0217. The van der Waals surface area contributed by atoms with Gasteiger partial charge in [-0.25, -0.2) is 0 Å². The number of halogens is 1. The molecule has 9 heteroatoms. The summed E-state index contributed by atoms with van der Waals surface area (Å²) in [6.45, 7) is 3.84. The number of amides is 1. The quantitative estimate of drug-likeness (QED) is 0.214. The van der Waals surface area contributed by atoms with Gasteiger partial charge in [-0.1, -0.05) is 23.7 Å². The Morgan fingerprint density at radius 1 is 0.949 bits per heavy atom. The fourth-order valence-electron chi connectivity index (χ4n) is 4.52. The highest BCUT2D eigenvalue weighted by atomic mass is 35.5. The second kappa shape index (κ2) is 11.3. The molecule has 1 unspecified atom stereocenters. The number of aliphatic hydroxyl groups is 1. The van der Waals surface area contributed by atoms with Crippen molar-refractivity contribution in [2.75, 3.05) is 38.1 Å². The van der Waals surface area contributed by atoms with E-state index in [4.69, 9.17) is 25.8 Å². The number of rotatable bonds is 8. The summed E-state index contributed by atoms with van der Waals surface area (Å²) in [5, 5.41) is 11.8. The number of carbonyl (C=O) groups excluding carboxylic acids is 2. The summed E-state index contributed by atoms with van der Waals surface area (Å²) in [6, 6.07) is 16.4. The Balaban J connectivity index is 1.92. The van der Waals surface area contributed by atoms with Crippen LogP contribution in [0.5, 0.6) is 17.2 Å². The van der Waals surface area contributed by atoms with E-state index in [1.165, 1.54) is 31.3 Å². The van der Waals surface area contributed by atoms with Crippen molar-refractivity contribution in [3.63, 3.8) is 0 Å². The SMILES string of the molecule is COc1cc(OC)c(/C(O)=C2\C(=O)C(=O)N(c3ccc(OC(C)C)cc3)C2c2ccc(N(C)C)cc2)cc1Cl. The maximum Gasteiger partial charge on any atom is 0.300 e. The van der Waals surface area contributed by atoms with E-state index in [0.29, 0.717) is 22.7 Å². The molecule has 0 aromatic heterocycles. The molecule has 39 heavy (non-hydrogen) atoms. The predicted molar refractivity (Wildman–Crippen MR) is 152 cm³/mol. The lowest BCUT2D eigenvalue weighted by atomic mass is 9.94. The maximum atomic E-state index is 13.5. The van der Waals surface area contributed by atoms with E-state index in [-0.39, 0.29) is 28.0 Å². The summed E-state index contributed by atoms with van der Waals surface area (Å²) in [6.07, 6.45) is -0.0217. The van der Waals surface area contributed by atoms with Crippen LogP contribution < -0.4 is 24.0 Å².